The Morgan fingerprint density at radius 3 is 2.47 bits per heavy atom. The predicted octanol–water partition coefficient (Wildman–Crippen LogP) is 2.74. The number of aryl methyl sites for hydroxylation is 1. The van der Waals surface area contributed by atoms with Crippen molar-refractivity contribution in [2.45, 2.75) is 25.7 Å². The molecule has 1 aliphatic heterocycles. The van der Waals surface area contributed by atoms with Gasteiger partial charge in [0.1, 0.15) is 0 Å². The van der Waals surface area contributed by atoms with E-state index in [0.29, 0.717) is 11.5 Å². The summed E-state index contributed by atoms with van der Waals surface area (Å²) in [6.45, 7) is 3.54. The molecule has 0 unspecified atom stereocenters. The van der Waals surface area contributed by atoms with Crippen molar-refractivity contribution in [2.75, 3.05) is 13.1 Å². The lowest BCUT2D eigenvalue weighted by Crippen LogP contribution is -2.26. The van der Waals surface area contributed by atoms with Crippen LogP contribution >= 0.6 is 0 Å². The summed E-state index contributed by atoms with van der Waals surface area (Å²) >= 11 is 0. The van der Waals surface area contributed by atoms with E-state index in [-0.39, 0.29) is 0 Å². The molecule has 0 aromatic heterocycles. The maximum atomic E-state index is 13.2. The van der Waals surface area contributed by atoms with E-state index in [9.17, 15) is 8.78 Å². The van der Waals surface area contributed by atoms with Crippen molar-refractivity contribution in [2.24, 2.45) is 0 Å². The van der Waals surface area contributed by atoms with Crippen molar-refractivity contribution >= 4 is 0 Å². The van der Waals surface area contributed by atoms with Gasteiger partial charge in [-0.25, -0.2) is 8.78 Å². The SMILES string of the molecule is Cc1cc(C2CCNCC2)cc(F)c1F. The first-order valence-electron chi connectivity index (χ1n) is 5.34. The Labute approximate surface area is 88.5 Å². The topological polar surface area (TPSA) is 12.0 Å². The number of piperidine rings is 1. The number of halogens is 2. The van der Waals surface area contributed by atoms with Crippen LogP contribution in [0, 0.1) is 18.6 Å². The van der Waals surface area contributed by atoms with E-state index in [0.717, 1.165) is 31.5 Å². The zero-order valence-corrected chi connectivity index (χ0v) is 8.82. The van der Waals surface area contributed by atoms with Crippen LogP contribution in [-0.4, -0.2) is 13.1 Å². The van der Waals surface area contributed by atoms with E-state index in [1.165, 1.54) is 6.07 Å². The van der Waals surface area contributed by atoms with Gasteiger partial charge in [-0.2, -0.15) is 0 Å². The fourth-order valence-corrected chi connectivity index (χ4v) is 2.14. The largest absolute Gasteiger partial charge is 0.317 e. The minimum atomic E-state index is -0.719. The van der Waals surface area contributed by atoms with Crippen LogP contribution in [0.4, 0.5) is 8.78 Å². The smallest absolute Gasteiger partial charge is 0.161 e. The second kappa shape index (κ2) is 4.27. The highest BCUT2D eigenvalue weighted by Crippen LogP contribution is 2.27. The molecule has 0 aliphatic carbocycles. The quantitative estimate of drug-likeness (QED) is 0.753. The Morgan fingerprint density at radius 2 is 1.87 bits per heavy atom. The van der Waals surface area contributed by atoms with Crippen molar-refractivity contribution in [1.29, 1.82) is 0 Å². The first kappa shape index (κ1) is 10.6. The van der Waals surface area contributed by atoms with Crippen molar-refractivity contribution in [3.05, 3.63) is 34.9 Å². The average molecular weight is 211 g/mol. The molecule has 1 saturated heterocycles. The van der Waals surface area contributed by atoms with Gasteiger partial charge in [-0.3, -0.25) is 0 Å². The van der Waals surface area contributed by atoms with Crippen LogP contribution in [-0.2, 0) is 0 Å². The number of rotatable bonds is 1. The van der Waals surface area contributed by atoms with Gasteiger partial charge < -0.3 is 5.32 Å². The average Bonchev–Trinajstić information content (AvgIpc) is 2.26. The fraction of sp³-hybridized carbons (Fsp3) is 0.500. The molecular formula is C12H15F2N. The summed E-state index contributed by atoms with van der Waals surface area (Å²) in [7, 11) is 0. The maximum Gasteiger partial charge on any atom is 0.161 e. The second-order valence-electron chi connectivity index (χ2n) is 4.16. The molecule has 3 heteroatoms. The van der Waals surface area contributed by atoms with Crippen LogP contribution in [0.3, 0.4) is 0 Å². The number of hydrogen-bond acceptors (Lipinski definition) is 1. The number of benzene rings is 1. The molecule has 0 bridgehead atoms. The summed E-state index contributed by atoms with van der Waals surface area (Å²) in [5.74, 6) is -1.06. The molecule has 2 rings (SSSR count). The Morgan fingerprint density at radius 1 is 1.20 bits per heavy atom. The first-order valence-corrected chi connectivity index (χ1v) is 5.34. The molecule has 0 amide bonds. The van der Waals surface area contributed by atoms with Crippen LogP contribution in [0.15, 0.2) is 12.1 Å². The van der Waals surface area contributed by atoms with Gasteiger partial charge in [-0.05, 0) is 56.0 Å². The van der Waals surface area contributed by atoms with Crippen LogP contribution in [0.5, 0.6) is 0 Å². The van der Waals surface area contributed by atoms with Crippen LogP contribution < -0.4 is 5.32 Å². The summed E-state index contributed by atoms with van der Waals surface area (Å²) in [5, 5.41) is 3.26. The molecule has 1 N–H and O–H groups in total. The van der Waals surface area contributed by atoms with Gasteiger partial charge >= 0.3 is 0 Å². The molecular weight excluding hydrogens is 196 g/mol. The molecule has 15 heavy (non-hydrogen) atoms. The second-order valence-corrected chi connectivity index (χ2v) is 4.16. The van der Waals surface area contributed by atoms with Crippen molar-refractivity contribution < 1.29 is 8.78 Å². The molecule has 0 spiro atoms. The van der Waals surface area contributed by atoms with E-state index in [2.05, 4.69) is 5.32 Å². The monoisotopic (exact) mass is 211 g/mol. The zero-order valence-electron chi connectivity index (χ0n) is 8.82. The van der Waals surface area contributed by atoms with Gasteiger partial charge in [-0.1, -0.05) is 6.07 Å². The Bertz CT molecular complexity index is 334. The lowest BCUT2D eigenvalue weighted by Gasteiger charge is -2.23. The van der Waals surface area contributed by atoms with E-state index in [4.69, 9.17) is 0 Å². The molecule has 1 aliphatic rings. The Balaban J connectivity index is 2.27. The third-order valence-electron chi connectivity index (χ3n) is 3.04. The molecule has 1 fully saturated rings. The van der Waals surface area contributed by atoms with Crippen LogP contribution in [0.1, 0.15) is 29.9 Å². The van der Waals surface area contributed by atoms with E-state index in [1.54, 1.807) is 13.0 Å². The summed E-state index contributed by atoms with van der Waals surface area (Å²) in [6.07, 6.45) is 2.01. The minimum Gasteiger partial charge on any atom is -0.317 e. The third kappa shape index (κ3) is 2.17. The van der Waals surface area contributed by atoms with Gasteiger partial charge in [0.05, 0.1) is 0 Å². The van der Waals surface area contributed by atoms with E-state index < -0.39 is 11.6 Å². The van der Waals surface area contributed by atoms with Crippen LogP contribution in [0.25, 0.3) is 0 Å². The number of hydrogen-bond donors (Lipinski definition) is 1. The van der Waals surface area contributed by atoms with Crippen molar-refractivity contribution in [3.8, 4) is 0 Å². The van der Waals surface area contributed by atoms with Gasteiger partial charge in [-0.15, -0.1) is 0 Å². The number of nitrogens with one attached hydrogen (secondary N) is 1. The Kier molecular flexibility index (Phi) is 3.00. The fourth-order valence-electron chi connectivity index (χ4n) is 2.14. The van der Waals surface area contributed by atoms with Crippen molar-refractivity contribution in [3.63, 3.8) is 0 Å². The van der Waals surface area contributed by atoms with Gasteiger partial charge in [0.25, 0.3) is 0 Å². The molecule has 1 aromatic rings. The Hall–Kier alpha value is -0.960. The van der Waals surface area contributed by atoms with Gasteiger partial charge in [0.2, 0.25) is 0 Å². The first-order chi connectivity index (χ1) is 7.18. The maximum absolute atomic E-state index is 13.2. The molecule has 0 saturated carbocycles. The molecule has 1 aromatic carbocycles. The van der Waals surface area contributed by atoms with E-state index >= 15 is 0 Å². The summed E-state index contributed by atoms with van der Waals surface area (Å²) in [5.41, 5.74) is 1.34. The predicted molar refractivity (Wildman–Crippen MR) is 55.9 cm³/mol. The molecule has 0 atom stereocenters. The highest BCUT2D eigenvalue weighted by atomic mass is 19.2. The summed E-state index contributed by atoms with van der Waals surface area (Å²) in [6, 6.07) is 3.12. The molecule has 0 radical (unpaired) electrons. The lowest BCUT2D eigenvalue weighted by molar-refractivity contribution is 0.452. The molecule has 1 heterocycles. The van der Waals surface area contributed by atoms with Crippen LogP contribution in [0.2, 0.25) is 0 Å². The highest BCUT2D eigenvalue weighted by Gasteiger charge is 2.17. The normalized spacial score (nSPS) is 18.1. The molecule has 1 nitrogen and oxygen atoms in total. The van der Waals surface area contributed by atoms with Gasteiger partial charge in [0, 0.05) is 0 Å². The standard InChI is InChI=1S/C12H15F2N/c1-8-6-10(7-11(13)12(8)14)9-2-4-15-5-3-9/h6-7,9,15H,2-5H2,1H3. The third-order valence-corrected chi connectivity index (χ3v) is 3.04. The zero-order chi connectivity index (χ0) is 10.8. The highest BCUT2D eigenvalue weighted by molar-refractivity contribution is 5.28. The summed E-state index contributed by atoms with van der Waals surface area (Å²) < 4.78 is 26.3. The van der Waals surface area contributed by atoms with Gasteiger partial charge in [0.15, 0.2) is 11.6 Å². The molecule has 82 valence electrons. The van der Waals surface area contributed by atoms with E-state index in [1.807, 2.05) is 0 Å². The van der Waals surface area contributed by atoms with Crippen molar-refractivity contribution in [1.82, 2.24) is 5.32 Å². The lowest BCUT2D eigenvalue weighted by atomic mass is 9.89. The summed E-state index contributed by atoms with van der Waals surface area (Å²) in [4.78, 5) is 0. The minimum absolute atomic E-state index is 0.375.